The van der Waals surface area contributed by atoms with Crippen LogP contribution in [-0.4, -0.2) is 0 Å². The molecule has 1 aromatic carbocycles. The standard InChI is InChI=1S/C10H13S/c1-6-5-7(2)10(11)9(4)8(6)3/h5H,1-4H3. The van der Waals surface area contributed by atoms with Crippen LogP contribution in [0.4, 0.5) is 0 Å². The van der Waals surface area contributed by atoms with Gasteiger partial charge >= 0.3 is 0 Å². The van der Waals surface area contributed by atoms with Crippen molar-refractivity contribution >= 4 is 12.6 Å². The van der Waals surface area contributed by atoms with Crippen molar-refractivity contribution in [1.82, 2.24) is 0 Å². The molecule has 0 aromatic heterocycles. The molecule has 1 radical (unpaired) electrons. The summed E-state index contributed by atoms with van der Waals surface area (Å²) in [7, 11) is 0. The molecule has 0 atom stereocenters. The quantitative estimate of drug-likeness (QED) is 0.552. The van der Waals surface area contributed by atoms with E-state index in [0.717, 1.165) is 4.90 Å². The predicted octanol–water partition coefficient (Wildman–Crippen LogP) is 3.48. The molecule has 0 fully saturated rings. The SMILES string of the molecule is Cc1cc(C)c([S])c(C)c1C. The Kier molecular flexibility index (Phi) is 2.19. The summed E-state index contributed by atoms with van der Waals surface area (Å²) < 4.78 is 0. The van der Waals surface area contributed by atoms with E-state index in [4.69, 9.17) is 12.6 Å². The van der Waals surface area contributed by atoms with Crippen molar-refractivity contribution < 1.29 is 0 Å². The number of aryl methyl sites for hydroxylation is 2. The first-order valence-electron chi connectivity index (χ1n) is 3.78. The lowest BCUT2D eigenvalue weighted by molar-refractivity contribution is 1.14. The summed E-state index contributed by atoms with van der Waals surface area (Å²) in [6.07, 6.45) is 0. The van der Waals surface area contributed by atoms with E-state index >= 15 is 0 Å². The topological polar surface area (TPSA) is 0 Å². The summed E-state index contributed by atoms with van der Waals surface area (Å²) in [4.78, 5) is 1.02. The summed E-state index contributed by atoms with van der Waals surface area (Å²) in [6, 6.07) is 2.16. The predicted molar refractivity (Wildman–Crippen MR) is 51.2 cm³/mol. The third kappa shape index (κ3) is 1.38. The van der Waals surface area contributed by atoms with Gasteiger partial charge in [-0.3, -0.25) is 0 Å². The molecule has 0 N–H and O–H groups in total. The first-order chi connectivity index (χ1) is 5.04. The van der Waals surface area contributed by atoms with Crippen LogP contribution in [0.15, 0.2) is 11.0 Å². The van der Waals surface area contributed by atoms with E-state index in [0.29, 0.717) is 0 Å². The van der Waals surface area contributed by atoms with Gasteiger partial charge in [-0.25, -0.2) is 0 Å². The Bertz CT molecular complexity index is 261. The molecule has 0 amide bonds. The second-order valence-corrected chi connectivity index (χ2v) is 3.50. The molecule has 11 heavy (non-hydrogen) atoms. The van der Waals surface area contributed by atoms with Gasteiger partial charge in [-0.1, -0.05) is 18.7 Å². The van der Waals surface area contributed by atoms with E-state index < -0.39 is 0 Å². The summed E-state index contributed by atoms with van der Waals surface area (Å²) >= 11 is 5.24. The highest BCUT2D eigenvalue weighted by atomic mass is 32.1. The van der Waals surface area contributed by atoms with Crippen molar-refractivity contribution in [2.45, 2.75) is 32.6 Å². The number of hydrogen-bond donors (Lipinski definition) is 0. The zero-order chi connectivity index (χ0) is 8.59. The Balaban J connectivity index is 3.46. The zero-order valence-electron chi connectivity index (χ0n) is 7.49. The van der Waals surface area contributed by atoms with Gasteiger partial charge in [0.2, 0.25) is 0 Å². The average Bonchev–Trinajstić information content (AvgIpc) is 1.97. The second-order valence-electron chi connectivity index (χ2n) is 3.09. The molecule has 0 aliphatic heterocycles. The van der Waals surface area contributed by atoms with Gasteiger partial charge < -0.3 is 0 Å². The Hall–Kier alpha value is -0.560. The highest BCUT2D eigenvalue weighted by Crippen LogP contribution is 2.23. The Morgan fingerprint density at radius 1 is 0.909 bits per heavy atom. The number of benzene rings is 1. The van der Waals surface area contributed by atoms with Crippen LogP contribution < -0.4 is 0 Å². The average molecular weight is 165 g/mol. The van der Waals surface area contributed by atoms with Crippen LogP contribution >= 0.6 is 12.6 Å². The van der Waals surface area contributed by atoms with Gasteiger partial charge in [-0.05, 0) is 49.9 Å². The fourth-order valence-corrected chi connectivity index (χ4v) is 1.47. The third-order valence-corrected chi connectivity index (χ3v) is 2.91. The van der Waals surface area contributed by atoms with E-state index in [-0.39, 0.29) is 0 Å². The molecule has 0 aliphatic rings. The van der Waals surface area contributed by atoms with Crippen molar-refractivity contribution in [2.75, 3.05) is 0 Å². The van der Waals surface area contributed by atoms with Gasteiger partial charge in [0.15, 0.2) is 0 Å². The van der Waals surface area contributed by atoms with Crippen LogP contribution in [0.5, 0.6) is 0 Å². The van der Waals surface area contributed by atoms with E-state index in [1.807, 2.05) is 0 Å². The summed E-state index contributed by atoms with van der Waals surface area (Å²) in [5.74, 6) is 0. The molecule has 0 spiro atoms. The smallest absolute Gasteiger partial charge is 0.0438 e. The maximum Gasteiger partial charge on any atom is 0.0438 e. The largest absolute Gasteiger partial charge is 0.0795 e. The molecule has 0 saturated heterocycles. The molecular weight excluding hydrogens is 152 g/mol. The van der Waals surface area contributed by atoms with Gasteiger partial charge in [0, 0.05) is 4.90 Å². The Morgan fingerprint density at radius 3 is 2.00 bits per heavy atom. The normalized spacial score (nSPS) is 10.2. The van der Waals surface area contributed by atoms with E-state index in [9.17, 15) is 0 Å². The first kappa shape index (κ1) is 8.54. The molecule has 0 unspecified atom stereocenters. The summed E-state index contributed by atoms with van der Waals surface area (Å²) in [5, 5.41) is 0. The second kappa shape index (κ2) is 2.82. The van der Waals surface area contributed by atoms with Crippen LogP contribution in [0.2, 0.25) is 0 Å². The third-order valence-electron chi connectivity index (χ3n) is 2.29. The lowest BCUT2D eigenvalue weighted by atomic mass is 10.0. The van der Waals surface area contributed by atoms with E-state index in [2.05, 4.69) is 33.8 Å². The van der Waals surface area contributed by atoms with Gasteiger partial charge in [0.1, 0.15) is 0 Å². The Labute approximate surface area is 74.0 Å². The van der Waals surface area contributed by atoms with Crippen LogP contribution in [0, 0.1) is 27.7 Å². The highest BCUT2D eigenvalue weighted by molar-refractivity contribution is 7.80. The summed E-state index contributed by atoms with van der Waals surface area (Å²) in [6.45, 7) is 8.42. The molecule has 0 aliphatic carbocycles. The minimum Gasteiger partial charge on any atom is -0.0795 e. The van der Waals surface area contributed by atoms with Crippen LogP contribution in [0.1, 0.15) is 22.3 Å². The molecule has 0 saturated carbocycles. The molecule has 0 heterocycles. The molecular formula is C10H13S. The van der Waals surface area contributed by atoms with E-state index in [1.165, 1.54) is 22.3 Å². The molecule has 1 rings (SSSR count). The van der Waals surface area contributed by atoms with Crippen molar-refractivity contribution in [1.29, 1.82) is 0 Å². The fourth-order valence-electron chi connectivity index (χ4n) is 1.26. The van der Waals surface area contributed by atoms with Crippen molar-refractivity contribution in [3.05, 3.63) is 28.3 Å². The minimum absolute atomic E-state index is 1.02. The number of rotatable bonds is 0. The van der Waals surface area contributed by atoms with Gasteiger partial charge in [-0.15, -0.1) is 0 Å². The first-order valence-corrected chi connectivity index (χ1v) is 4.19. The maximum atomic E-state index is 5.24. The lowest BCUT2D eigenvalue weighted by Crippen LogP contribution is -1.90. The highest BCUT2D eigenvalue weighted by Gasteiger charge is 2.04. The molecule has 1 heteroatoms. The van der Waals surface area contributed by atoms with E-state index in [1.54, 1.807) is 0 Å². The van der Waals surface area contributed by atoms with Crippen molar-refractivity contribution in [3.63, 3.8) is 0 Å². The number of hydrogen-bond acceptors (Lipinski definition) is 0. The van der Waals surface area contributed by atoms with Crippen molar-refractivity contribution in [3.8, 4) is 0 Å². The van der Waals surface area contributed by atoms with Crippen LogP contribution in [0.3, 0.4) is 0 Å². The van der Waals surface area contributed by atoms with Crippen molar-refractivity contribution in [2.24, 2.45) is 0 Å². The molecule has 0 nitrogen and oxygen atoms in total. The van der Waals surface area contributed by atoms with Gasteiger partial charge in [-0.2, -0.15) is 0 Å². The molecule has 0 bridgehead atoms. The summed E-state index contributed by atoms with van der Waals surface area (Å²) in [5.41, 5.74) is 5.16. The lowest BCUT2D eigenvalue weighted by Gasteiger charge is -2.08. The van der Waals surface area contributed by atoms with Gasteiger partial charge in [0.05, 0.1) is 0 Å². The monoisotopic (exact) mass is 165 g/mol. The molecule has 59 valence electrons. The molecule has 1 aromatic rings. The Morgan fingerprint density at radius 2 is 1.45 bits per heavy atom. The van der Waals surface area contributed by atoms with Crippen LogP contribution in [-0.2, 0) is 0 Å². The maximum absolute atomic E-state index is 5.24. The van der Waals surface area contributed by atoms with Gasteiger partial charge in [0.25, 0.3) is 0 Å². The zero-order valence-corrected chi connectivity index (χ0v) is 8.30. The minimum atomic E-state index is 1.02. The van der Waals surface area contributed by atoms with Crippen LogP contribution in [0.25, 0.3) is 0 Å². The fraction of sp³-hybridized carbons (Fsp3) is 0.400.